The predicted octanol–water partition coefficient (Wildman–Crippen LogP) is 2.01. The Balaban J connectivity index is 2.04. The van der Waals surface area contributed by atoms with Gasteiger partial charge >= 0.3 is 0 Å². The topological polar surface area (TPSA) is 104 Å². The Hall–Kier alpha value is -3.43. The molecule has 33 heavy (non-hydrogen) atoms. The lowest BCUT2D eigenvalue weighted by molar-refractivity contribution is -0.159. The summed E-state index contributed by atoms with van der Waals surface area (Å²) in [5.41, 5.74) is 6.89. The van der Waals surface area contributed by atoms with E-state index in [4.69, 9.17) is 5.73 Å². The third-order valence-electron chi connectivity index (χ3n) is 5.44. The lowest BCUT2D eigenvalue weighted by Gasteiger charge is -2.33. The highest BCUT2D eigenvalue weighted by atomic mass is 19.1. The highest BCUT2D eigenvalue weighted by molar-refractivity contribution is 6.04. The fraction of sp³-hybridized carbons (Fsp3) is 0.292. The molecule has 1 aliphatic heterocycles. The summed E-state index contributed by atoms with van der Waals surface area (Å²) in [4.78, 5) is 41.4. The average molecular weight is 457 g/mol. The molecule has 0 spiro atoms. The molecule has 0 unspecified atom stereocenters. The van der Waals surface area contributed by atoms with Crippen molar-refractivity contribution in [2.75, 3.05) is 13.6 Å². The molecule has 9 heteroatoms. The molecule has 0 aliphatic carbocycles. The molecule has 0 aromatic heterocycles. The van der Waals surface area contributed by atoms with Crippen molar-refractivity contribution in [1.29, 1.82) is 0 Å². The Kier molecular flexibility index (Phi) is 7.35. The summed E-state index contributed by atoms with van der Waals surface area (Å²) >= 11 is 0. The Morgan fingerprint density at radius 3 is 2.30 bits per heavy atom. The fourth-order valence-electron chi connectivity index (χ4n) is 3.70. The number of carbonyl (C=O) groups is 3. The molecule has 1 aliphatic rings. The van der Waals surface area contributed by atoms with Crippen LogP contribution >= 0.6 is 0 Å². The third-order valence-corrected chi connectivity index (χ3v) is 5.44. The minimum atomic E-state index is -2.08. The summed E-state index contributed by atoms with van der Waals surface area (Å²) < 4.78 is 27.3. The van der Waals surface area contributed by atoms with Gasteiger partial charge in [0.05, 0.1) is 6.04 Å². The second kappa shape index (κ2) is 10.0. The molecule has 2 aromatic carbocycles. The van der Waals surface area contributed by atoms with Crippen molar-refractivity contribution in [1.82, 2.24) is 9.80 Å². The van der Waals surface area contributed by atoms with Gasteiger partial charge < -0.3 is 15.7 Å². The van der Waals surface area contributed by atoms with Crippen molar-refractivity contribution in [2.24, 2.45) is 5.73 Å². The molecular formula is C24H25F2N3O4. The van der Waals surface area contributed by atoms with Crippen LogP contribution in [0.15, 0.2) is 54.6 Å². The smallest absolute Gasteiger partial charge is 0.263 e. The van der Waals surface area contributed by atoms with Crippen LogP contribution in [-0.2, 0) is 14.4 Å². The minimum Gasteiger partial charge on any atom is -0.378 e. The molecule has 174 valence electrons. The van der Waals surface area contributed by atoms with E-state index in [1.165, 1.54) is 18.9 Å². The van der Waals surface area contributed by atoms with E-state index in [1.54, 1.807) is 0 Å². The van der Waals surface area contributed by atoms with Crippen LogP contribution in [0, 0.1) is 11.6 Å². The van der Waals surface area contributed by atoms with Crippen LogP contribution in [0.1, 0.15) is 30.6 Å². The van der Waals surface area contributed by atoms with Crippen LogP contribution in [0.25, 0.3) is 5.57 Å². The van der Waals surface area contributed by atoms with E-state index in [1.807, 2.05) is 36.4 Å². The molecular weight excluding hydrogens is 432 g/mol. The molecule has 2 aromatic rings. The van der Waals surface area contributed by atoms with Crippen LogP contribution in [-0.4, -0.2) is 58.3 Å². The highest BCUT2D eigenvalue weighted by Gasteiger charge is 2.41. The molecule has 0 radical (unpaired) electrons. The standard InChI is InChI=1S/C24H25F2N3O4/c1-14(27)22(31)29(24(33)21(30)17-10-18(25)13-19(26)11-17)20-12-16(8-9-28(2)23(20)32)15-6-4-3-5-7-15/h3-8,10-11,13-14,20-21,30H,9,12,27H2,1-2H3/t14-,20-,21+/m0/s1. The van der Waals surface area contributed by atoms with Crippen molar-refractivity contribution < 1.29 is 28.3 Å². The summed E-state index contributed by atoms with van der Waals surface area (Å²) in [6, 6.07) is 8.84. The summed E-state index contributed by atoms with van der Waals surface area (Å²) in [7, 11) is 1.52. The quantitative estimate of drug-likeness (QED) is 0.715. The van der Waals surface area contributed by atoms with E-state index in [-0.39, 0.29) is 18.5 Å². The van der Waals surface area contributed by atoms with Gasteiger partial charge in [0.15, 0.2) is 6.10 Å². The maximum absolute atomic E-state index is 13.7. The van der Waals surface area contributed by atoms with Crippen LogP contribution in [0.5, 0.6) is 0 Å². The third kappa shape index (κ3) is 5.32. The Morgan fingerprint density at radius 1 is 1.12 bits per heavy atom. The normalized spacial score (nSPS) is 18.2. The first kappa shape index (κ1) is 24.2. The number of imide groups is 1. The summed E-state index contributed by atoms with van der Waals surface area (Å²) in [6.07, 6.45) is -0.268. The monoisotopic (exact) mass is 457 g/mol. The lowest BCUT2D eigenvalue weighted by atomic mass is 9.96. The number of hydrogen-bond acceptors (Lipinski definition) is 5. The Bertz CT molecular complexity index is 1070. The molecule has 3 rings (SSSR count). The van der Waals surface area contributed by atoms with E-state index in [9.17, 15) is 28.3 Å². The van der Waals surface area contributed by atoms with E-state index in [0.29, 0.717) is 11.0 Å². The maximum Gasteiger partial charge on any atom is 0.263 e. The SMILES string of the molecule is C[C@H](N)C(=O)N(C(=O)[C@H](O)c1cc(F)cc(F)c1)[C@H]1CC(c2ccccc2)=CCN(C)C1=O. The zero-order valence-electron chi connectivity index (χ0n) is 18.2. The Morgan fingerprint density at radius 2 is 1.73 bits per heavy atom. The van der Waals surface area contributed by atoms with Gasteiger partial charge in [0.25, 0.3) is 5.91 Å². The average Bonchev–Trinajstić information content (AvgIpc) is 2.92. The molecule has 0 saturated carbocycles. The molecule has 3 N–H and O–H groups in total. The first-order valence-corrected chi connectivity index (χ1v) is 10.4. The van der Waals surface area contributed by atoms with Crippen molar-refractivity contribution in [3.05, 3.63) is 77.4 Å². The van der Waals surface area contributed by atoms with E-state index < -0.39 is 47.5 Å². The number of hydrogen-bond donors (Lipinski definition) is 2. The van der Waals surface area contributed by atoms with Crippen molar-refractivity contribution in [2.45, 2.75) is 31.5 Å². The molecule has 0 saturated heterocycles. The molecule has 3 amide bonds. The van der Waals surface area contributed by atoms with Gasteiger partial charge in [-0.15, -0.1) is 0 Å². The second-order valence-corrected chi connectivity index (χ2v) is 7.97. The number of aliphatic hydroxyl groups is 1. The van der Waals surface area contributed by atoms with Crippen LogP contribution in [0.2, 0.25) is 0 Å². The predicted molar refractivity (Wildman–Crippen MR) is 117 cm³/mol. The molecule has 0 bridgehead atoms. The van der Waals surface area contributed by atoms with E-state index >= 15 is 0 Å². The largest absolute Gasteiger partial charge is 0.378 e. The molecule has 0 fully saturated rings. The number of carbonyl (C=O) groups excluding carboxylic acids is 3. The fourth-order valence-corrected chi connectivity index (χ4v) is 3.70. The summed E-state index contributed by atoms with van der Waals surface area (Å²) in [5, 5.41) is 10.6. The summed E-state index contributed by atoms with van der Waals surface area (Å²) in [5.74, 6) is -4.61. The molecule has 3 atom stereocenters. The second-order valence-electron chi connectivity index (χ2n) is 7.97. The highest BCUT2D eigenvalue weighted by Crippen LogP contribution is 2.28. The number of nitrogens with two attached hydrogens (primary N) is 1. The van der Waals surface area contributed by atoms with Gasteiger partial charge in [0.2, 0.25) is 11.8 Å². The molecule has 7 nitrogen and oxygen atoms in total. The van der Waals surface area contributed by atoms with Gasteiger partial charge in [0, 0.05) is 26.1 Å². The number of aliphatic hydroxyl groups excluding tert-OH is 1. The zero-order chi connectivity index (χ0) is 24.3. The number of rotatable bonds is 5. The van der Waals surface area contributed by atoms with Gasteiger partial charge in [-0.1, -0.05) is 36.4 Å². The Labute approximate surface area is 190 Å². The van der Waals surface area contributed by atoms with Gasteiger partial charge in [-0.2, -0.15) is 0 Å². The molecule has 1 heterocycles. The number of amides is 3. The number of benzene rings is 2. The maximum atomic E-state index is 13.7. The van der Waals surface area contributed by atoms with Gasteiger partial charge in [-0.3, -0.25) is 19.3 Å². The van der Waals surface area contributed by atoms with Crippen molar-refractivity contribution >= 4 is 23.3 Å². The van der Waals surface area contributed by atoms with E-state index in [2.05, 4.69) is 0 Å². The number of likely N-dealkylation sites (N-methyl/N-ethyl adjacent to an activating group) is 1. The van der Waals surface area contributed by atoms with Crippen LogP contribution in [0.4, 0.5) is 8.78 Å². The van der Waals surface area contributed by atoms with Gasteiger partial charge in [0.1, 0.15) is 17.7 Å². The van der Waals surface area contributed by atoms with Crippen LogP contribution < -0.4 is 5.73 Å². The summed E-state index contributed by atoms with van der Waals surface area (Å²) in [6.45, 7) is 1.58. The van der Waals surface area contributed by atoms with Crippen molar-refractivity contribution in [3.8, 4) is 0 Å². The minimum absolute atomic E-state index is 0.0123. The zero-order valence-corrected chi connectivity index (χ0v) is 18.2. The van der Waals surface area contributed by atoms with E-state index in [0.717, 1.165) is 23.3 Å². The van der Waals surface area contributed by atoms with Gasteiger partial charge in [-0.05, 0) is 35.8 Å². The lowest BCUT2D eigenvalue weighted by Crippen LogP contribution is -2.56. The first-order chi connectivity index (χ1) is 15.6. The van der Waals surface area contributed by atoms with Crippen LogP contribution in [0.3, 0.4) is 0 Å². The number of nitrogens with zero attached hydrogens (tertiary/aromatic N) is 2. The first-order valence-electron chi connectivity index (χ1n) is 10.4. The van der Waals surface area contributed by atoms with Gasteiger partial charge in [-0.25, -0.2) is 8.78 Å². The van der Waals surface area contributed by atoms with Crippen molar-refractivity contribution in [3.63, 3.8) is 0 Å². The number of halogens is 2.